The molecule has 1 aliphatic rings. The maximum absolute atomic E-state index is 12.3. The van der Waals surface area contributed by atoms with Gasteiger partial charge in [0.15, 0.2) is 5.84 Å². The van der Waals surface area contributed by atoms with E-state index in [1.54, 1.807) is 24.1 Å². The molecule has 0 aliphatic heterocycles. The summed E-state index contributed by atoms with van der Waals surface area (Å²) in [5.74, 6) is 0.121. The lowest BCUT2D eigenvalue weighted by Crippen LogP contribution is -2.54. The highest BCUT2D eigenvalue weighted by atomic mass is 16.4. The molecule has 0 spiro atoms. The lowest BCUT2D eigenvalue weighted by atomic mass is 9.61. The Hall–Kier alpha value is -2.05. The van der Waals surface area contributed by atoms with Crippen LogP contribution in [0.2, 0.25) is 0 Å². The molecule has 0 bridgehead atoms. The largest absolute Gasteiger partial charge is 0.409 e. The minimum atomic E-state index is -0.885. The number of hydrogen-bond donors (Lipinski definition) is 3. The first-order valence-electron chi connectivity index (χ1n) is 5.76. The Kier molecular flexibility index (Phi) is 2.98. The predicted octanol–water partition coefficient (Wildman–Crippen LogP) is 0.521. The zero-order valence-corrected chi connectivity index (χ0v) is 10.4. The molecule has 2 rings (SSSR count). The van der Waals surface area contributed by atoms with Gasteiger partial charge in [-0.3, -0.25) is 9.48 Å². The van der Waals surface area contributed by atoms with Crippen molar-refractivity contribution >= 4 is 17.4 Å². The van der Waals surface area contributed by atoms with Crippen LogP contribution in [-0.4, -0.2) is 26.7 Å². The van der Waals surface area contributed by atoms with E-state index in [4.69, 9.17) is 10.9 Å². The van der Waals surface area contributed by atoms with Crippen molar-refractivity contribution in [1.82, 2.24) is 9.78 Å². The van der Waals surface area contributed by atoms with Gasteiger partial charge in [-0.05, 0) is 18.8 Å². The van der Waals surface area contributed by atoms with Crippen LogP contribution in [0, 0.1) is 11.3 Å². The second-order valence-corrected chi connectivity index (χ2v) is 4.94. The van der Waals surface area contributed by atoms with Gasteiger partial charge in [-0.2, -0.15) is 5.10 Å². The standard InChI is InChI=1S/C11H17N5O2/c1-7-3-11(4-7,9(12)15-18)10(17)14-8-5-13-16(2)6-8/h5-7,18H,3-4H2,1-2H3,(H2,12,15)(H,14,17). The summed E-state index contributed by atoms with van der Waals surface area (Å²) < 4.78 is 1.59. The fourth-order valence-corrected chi connectivity index (χ4v) is 2.47. The molecule has 98 valence electrons. The Labute approximate surface area is 105 Å². The average molecular weight is 251 g/mol. The first kappa shape index (κ1) is 12.4. The van der Waals surface area contributed by atoms with Crippen molar-refractivity contribution < 1.29 is 10.0 Å². The van der Waals surface area contributed by atoms with E-state index in [1.807, 2.05) is 6.92 Å². The molecule has 1 fully saturated rings. The summed E-state index contributed by atoms with van der Waals surface area (Å²) in [6.07, 6.45) is 4.43. The molecule has 1 saturated carbocycles. The fourth-order valence-electron chi connectivity index (χ4n) is 2.47. The molecule has 1 aromatic rings. The van der Waals surface area contributed by atoms with E-state index in [0.717, 1.165) is 0 Å². The highest BCUT2D eigenvalue weighted by Gasteiger charge is 2.52. The minimum absolute atomic E-state index is 0.0259. The molecule has 18 heavy (non-hydrogen) atoms. The number of aromatic nitrogens is 2. The molecule has 1 aliphatic carbocycles. The third kappa shape index (κ3) is 1.92. The number of nitrogens with two attached hydrogens (primary N) is 1. The van der Waals surface area contributed by atoms with Crippen LogP contribution in [0.4, 0.5) is 5.69 Å². The number of amidine groups is 1. The molecule has 0 aromatic carbocycles. The number of aryl methyl sites for hydroxylation is 1. The number of amides is 1. The lowest BCUT2D eigenvalue weighted by Gasteiger charge is -2.43. The quantitative estimate of drug-likeness (QED) is 0.315. The fraction of sp³-hybridized carbons (Fsp3) is 0.545. The molecule has 0 atom stereocenters. The minimum Gasteiger partial charge on any atom is -0.409 e. The summed E-state index contributed by atoms with van der Waals surface area (Å²) in [7, 11) is 1.76. The maximum Gasteiger partial charge on any atom is 0.238 e. The van der Waals surface area contributed by atoms with Crippen molar-refractivity contribution in [3.8, 4) is 0 Å². The Morgan fingerprint density at radius 1 is 1.72 bits per heavy atom. The summed E-state index contributed by atoms with van der Waals surface area (Å²) >= 11 is 0. The van der Waals surface area contributed by atoms with Gasteiger partial charge >= 0.3 is 0 Å². The number of nitrogens with zero attached hydrogens (tertiary/aromatic N) is 3. The van der Waals surface area contributed by atoms with Gasteiger partial charge in [-0.25, -0.2) is 0 Å². The molecule has 1 amide bonds. The second kappa shape index (κ2) is 4.32. The third-order valence-electron chi connectivity index (χ3n) is 3.39. The second-order valence-electron chi connectivity index (χ2n) is 4.94. The summed E-state index contributed by atoms with van der Waals surface area (Å²) in [6.45, 7) is 2.03. The van der Waals surface area contributed by atoms with Gasteiger partial charge < -0.3 is 16.3 Å². The Morgan fingerprint density at radius 2 is 2.39 bits per heavy atom. The van der Waals surface area contributed by atoms with Gasteiger partial charge in [0.25, 0.3) is 0 Å². The molecular weight excluding hydrogens is 234 g/mol. The molecule has 1 aromatic heterocycles. The van der Waals surface area contributed by atoms with Crippen LogP contribution in [0.5, 0.6) is 0 Å². The van der Waals surface area contributed by atoms with Crippen molar-refractivity contribution in [3.05, 3.63) is 12.4 Å². The molecular formula is C11H17N5O2. The first-order valence-corrected chi connectivity index (χ1v) is 5.76. The number of nitrogens with one attached hydrogen (secondary N) is 1. The molecule has 7 heteroatoms. The number of anilines is 1. The van der Waals surface area contributed by atoms with Gasteiger partial charge in [-0.15, -0.1) is 0 Å². The molecule has 4 N–H and O–H groups in total. The van der Waals surface area contributed by atoms with Gasteiger partial charge in [0.05, 0.1) is 11.9 Å². The van der Waals surface area contributed by atoms with E-state index in [9.17, 15) is 4.79 Å². The van der Waals surface area contributed by atoms with Crippen LogP contribution < -0.4 is 11.1 Å². The van der Waals surface area contributed by atoms with Gasteiger partial charge in [-0.1, -0.05) is 12.1 Å². The van der Waals surface area contributed by atoms with Crippen LogP contribution in [0.15, 0.2) is 17.5 Å². The van der Waals surface area contributed by atoms with Crippen molar-refractivity contribution in [1.29, 1.82) is 0 Å². The monoisotopic (exact) mass is 251 g/mol. The summed E-state index contributed by atoms with van der Waals surface area (Å²) in [5.41, 5.74) is 5.37. The summed E-state index contributed by atoms with van der Waals surface area (Å²) in [4.78, 5) is 12.3. The zero-order chi connectivity index (χ0) is 13.3. The highest BCUT2D eigenvalue weighted by molar-refractivity contribution is 6.12. The summed E-state index contributed by atoms with van der Waals surface area (Å²) in [5, 5.41) is 18.5. The normalized spacial score (nSPS) is 27.7. The van der Waals surface area contributed by atoms with Crippen molar-refractivity contribution in [3.63, 3.8) is 0 Å². The van der Waals surface area contributed by atoms with Crippen molar-refractivity contribution in [2.45, 2.75) is 19.8 Å². The Balaban J connectivity index is 2.15. The smallest absolute Gasteiger partial charge is 0.238 e. The molecule has 1 heterocycles. The Bertz CT molecular complexity index is 487. The number of rotatable bonds is 3. The zero-order valence-electron chi connectivity index (χ0n) is 10.4. The SMILES string of the molecule is CC1CC(C(=O)Nc2cnn(C)c2)(C(N)=NO)C1. The van der Waals surface area contributed by atoms with E-state index in [-0.39, 0.29) is 11.7 Å². The molecule has 0 unspecified atom stereocenters. The molecule has 7 nitrogen and oxygen atoms in total. The van der Waals surface area contributed by atoms with Crippen molar-refractivity contribution in [2.24, 2.45) is 29.3 Å². The third-order valence-corrected chi connectivity index (χ3v) is 3.39. The summed E-state index contributed by atoms with van der Waals surface area (Å²) in [6, 6.07) is 0. The van der Waals surface area contributed by atoms with Crippen LogP contribution in [0.1, 0.15) is 19.8 Å². The van der Waals surface area contributed by atoms with Crippen LogP contribution in [-0.2, 0) is 11.8 Å². The van der Waals surface area contributed by atoms with Gasteiger partial charge in [0.2, 0.25) is 5.91 Å². The average Bonchev–Trinajstić information content (AvgIpc) is 2.69. The molecule has 0 saturated heterocycles. The predicted molar refractivity (Wildman–Crippen MR) is 66.1 cm³/mol. The van der Waals surface area contributed by atoms with Crippen LogP contribution in [0.3, 0.4) is 0 Å². The van der Waals surface area contributed by atoms with E-state index >= 15 is 0 Å². The first-order chi connectivity index (χ1) is 8.48. The highest BCUT2D eigenvalue weighted by Crippen LogP contribution is 2.46. The number of hydrogen-bond acceptors (Lipinski definition) is 4. The Morgan fingerprint density at radius 3 is 2.83 bits per heavy atom. The van der Waals surface area contributed by atoms with Crippen LogP contribution in [0.25, 0.3) is 0 Å². The number of carbonyl (C=O) groups is 1. The van der Waals surface area contributed by atoms with Crippen molar-refractivity contribution in [2.75, 3.05) is 5.32 Å². The van der Waals surface area contributed by atoms with Gasteiger partial charge in [0.1, 0.15) is 5.41 Å². The lowest BCUT2D eigenvalue weighted by molar-refractivity contribution is -0.127. The maximum atomic E-state index is 12.3. The van der Waals surface area contributed by atoms with E-state index in [1.165, 1.54) is 0 Å². The number of oxime groups is 1. The van der Waals surface area contributed by atoms with Gasteiger partial charge in [0, 0.05) is 13.2 Å². The van der Waals surface area contributed by atoms with E-state index in [0.29, 0.717) is 24.4 Å². The van der Waals surface area contributed by atoms with E-state index in [2.05, 4.69) is 15.6 Å². The van der Waals surface area contributed by atoms with Crippen LogP contribution >= 0.6 is 0 Å². The van der Waals surface area contributed by atoms with E-state index < -0.39 is 5.41 Å². The topological polar surface area (TPSA) is 106 Å². The molecule has 0 radical (unpaired) electrons. The number of carbonyl (C=O) groups excluding carboxylic acids is 1.